The minimum Gasteiger partial charge on any atom is -0.481 e. The van der Waals surface area contributed by atoms with Crippen LogP contribution >= 0.6 is 0 Å². The van der Waals surface area contributed by atoms with Crippen molar-refractivity contribution in [1.82, 2.24) is 0 Å². The van der Waals surface area contributed by atoms with Gasteiger partial charge in [0.2, 0.25) is 0 Å². The monoisotopic (exact) mass is 420 g/mol. The SMILES string of the molecule is COC(=O)CC[C@@H](C(=O)O)C1CCC2C3CC[C@H]4C[C@@H](O)CC[C@]4(C)C3CC[C@@]21C. The van der Waals surface area contributed by atoms with Gasteiger partial charge in [0, 0.05) is 6.42 Å². The lowest BCUT2D eigenvalue weighted by atomic mass is 9.44. The molecule has 0 aromatic heterocycles. The maximum atomic E-state index is 12.2. The molecule has 0 radical (unpaired) electrons. The molecule has 4 aliphatic rings. The van der Waals surface area contributed by atoms with Crippen molar-refractivity contribution in [3.63, 3.8) is 0 Å². The van der Waals surface area contributed by atoms with E-state index in [2.05, 4.69) is 13.8 Å². The molecule has 0 aromatic rings. The van der Waals surface area contributed by atoms with Gasteiger partial charge in [-0.3, -0.25) is 9.59 Å². The zero-order chi connectivity index (χ0) is 21.7. The Bertz CT molecular complexity index is 676. The Morgan fingerprint density at radius 2 is 1.70 bits per heavy atom. The minimum absolute atomic E-state index is 0.0672. The predicted octanol–water partition coefficient (Wildman–Crippen LogP) is 4.66. The van der Waals surface area contributed by atoms with Gasteiger partial charge in [-0.25, -0.2) is 0 Å². The highest BCUT2D eigenvalue weighted by Crippen LogP contribution is 2.68. The van der Waals surface area contributed by atoms with Crippen molar-refractivity contribution in [2.24, 2.45) is 46.3 Å². The van der Waals surface area contributed by atoms with Gasteiger partial charge in [0.05, 0.1) is 19.1 Å². The fourth-order valence-corrected chi connectivity index (χ4v) is 8.81. The molecule has 30 heavy (non-hydrogen) atoms. The van der Waals surface area contributed by atoms with Gasteiger partial charge in [-0.1, -0.05) is 13.8 Å². The van der Waals surface area contributed by atoms with Crippen LogP contribution < -0.4 is 0 Å². The van der Waals surface area contributed by atoms with Crippen LogP contribution in [0.1, 0.15) is 84.5 Å². The molecule has 5 heteroatoms. The topological polar surface area (TPSA) is 83.8 Å². The number of aliphatic hydroxyl groups is 1. The highest BCUT2D eigenvalue weighted by Gasteiger charge is 2.61. The molecule has 0 spiro atoms. The molecule has 0 heterocycles. The van der Waals surface area contributed by atoms with Gasteiger partial charge in [0.1, 0.15) is 0 Å². The van der Waals surface area contributed by atoms with E-state index in [1.807, 2.05) is 0 Å². The summed E-state index contributed by atoms with van der Waals surface area (Å²) in [5.41, 5.74) is 0.413. The number of esters is 1. The molecule has 0 amide bonds. The first-order chi connectivity index (χ1) is 14.2. The number of fused-ring (bicyclic) bond motifs is 5. The molecule has 0 aliphatic heterocycles. The van der Waals surface area contributed by atoms with E-state index < -0.39 is 11.9 Å². The number of ether oxygens (including phenoxy) is 1. The summed E-state index contributed by atoms with van der Waals surface area (Å²) in [5.74, 6) is 1.32. The van der Waals surface area contributed by atoms with E-state index in [-0.39, 0.29) is 29.8 Å². The summed E-state index contributed by atoms with van der Waals surface area (Å²) in [7, 11) is 1.37. The van der Waals surface area contributed by atoms with E-state index in [0.717, 1.165) is 44.4 Å². The van der Waals surface area contributed by atoms with Crippen molar-refractivity contribution in [3.8, 4) is 0 Å². The largest absolute Gasteiger partial charge is 0.481 e. The number of carboxylic acids is 1. The molecular weight excluding hydrogens is 380 g/mol. The van der Waals surface area contributed by atoms with Crippen molar-refractivity contribution in [3.05, 3.63) is 0 Å². The summed E-state index contributed by atoms with van der Waals surface area (Å²) in [6, 6.07) is 0. The number of hydrogen-bond donors (Lipinski definition) is 2. The first kappa shape index (κ1) is 22.1. The van der Waals surface area contributed by atoms with Crippen molar-refractivity contribution >= 4 is 11.9 Å². The predicted molar refractivity (Wildman–Crippen MR) is 114 cm³/mol. The highest BCUT2D eigenvalue weighted by molar-refractivity contribution is 5.73. The third kappa shape index (κ3) is 3.49. The van der Waals surface area contributed by atoms with Crippen LogP contribution in [0.3, 0.4) is 0 Å². The molecule has 9 atom stereocenters. The summed E-state index contributed by atoms with van der Waals surface area (Å²) in [6.07, 6.45) is 10.4. The van der Waals surface area contributed by atoms with E-state index in [9.17, 15) is 19.8 Å². The molecule has 0 bridgehead atoms. The summed E-state index contributed by atoms with van der Waals surface area (Å²) < 4.78 is 4.76. The van der Waals surface area contributed by atoms with Gasteiger partial charge in [-0.2, -0.15) is 0 Å². The number of methoxy groups -OCH3 is 1. The van der Waals surface area contributed by atoms with Crippen molar-refractivity contribution < 1.29 is 24.5 Å². The fourth-order valence-electron chi connectivity index (χ4n) is 8.81. The van der Waals surface area contributed by atoms with Crippen molar-refractivity contribution in [2.45, 2.75) is 90.6 Å². The number of carboxylic acid groups (broad SMARTS) is 1. The zero-order valence-electron chi connectivity index (χ0n) is 18.9. The summed E-state index contributed by atoms with van der Waals surface area (Å²) >= 11 is 0. The maximum absolute atomic E-state index is 12.2. The number of rotatable bonds is 5. The lowest BCUT2D eigenvalue weighted by Crippen LogP contribution is -2.54. The standard InChI is InChI=1S/C25H40O5/c1-24-12-10-16(26)14-15(24)4-5-17-19-7-8-20(25(19,2)13-11-21(17)24)18(23(28)29)6-9-22(27)30-3/h15-21,26H,4-14H2,1-3H3,(H,28,29)/t15-,16-,17?,18+,19?,20?,21?,24-,25-/m0/s1. The highest BCUT2D eigenvalue weighted by atomic mass is 16.5. The van der Waals surface area contributed by atoms with Gasteiger partial charge in [0.15, 0.2) is 0 Å². The van der Waals surface area contributed by atoms with Gasteiger partial charge in [-0.15, -0.1) is 0 Å². The van der Waals surface area contributed by atoms with Crippen LogP contribution in [0.5, 0.6) is 0 Å². The quantitative estimate of drug-likeness (QED) is 0.632. The van der Waals surface area contributed by atoms with E-state index in [1.165, 1.54) is 26.4 Å². The van der Waals surface area contributed by atoms with Gasteiger partial charge in [0.25, 0.3) is 0 Å². The molecule has 5 nitrogen and oxygen atoms in total. The molecule has 0 aromatic carbocycles. The van der Waals surface area contributed by atoms with E-state index in [0.29, 0.717) is 29.6 Å². The summed E-state index contributed by atoms with van der Waals surface area (Å²) in [4.78, 5) is 23.8. The molecule has 4 fully saturated rings. The van der Waals surface area contributed by atoms with E-state index in [1.54, 1.807) is 0 Å². The lowest BCUT2D eigenvalue weighted by Gasteiger charge is -2.61. The fraction of sp³-hybridized carbons (Fsp3) is 0.920. The Balaban J connectivity index is 1.53. The molecule has 4 aliphatic carbocycles. The van der Waals surface area contributed by atoms with Crippen LogP contribution in [-0.2, 0) is 14.3 Å². The smallest absolute Gasteiger partial charge is 0.306 e. The number of hydrogen-bond acceptors (Lipinski definition) is 4. The van der Waals surface area contributed by atoms with Crippen LogP contribution in [0.15, 0.2) is 0 Å². The normalized spacial score (nSPS) is 46.3. The Morgan fingerprint density at radius 1 is 1.00 bits per heavy atom. The average Bonchev–Trinajstić information content (AvgIpc) is 3.05. The van der Waals surface area contributed by atoms with E-state index >= 15 is 0 Å². The average molecular weight is 421 g/mol. The minimum atomic E-state index is -0.746. The van der Waals surface area contributed by atoms with Crippen LogP contribution in [0.2, 0.25) is 0 Å². The Kier molecular flexibility index (Phi) is 5.97. The molecule has 4 saturated carbocycles. The van der Waals surface area contributed by atoms with Crippen LogP contribution in [0, 0.1) is 46.3 Å². The Morgan fingerprint density at radius 3 is 2.40 bits per heavy atom. The number of carbonyl (C=O) groups is 2. The molecule has 4 unspecified atom stereocenters. The van der Waals surface area contributed by atoms with Crippen molar-refractivity contribution in [1.29, 1.82) is 0 Å². The van der Waals surface area contributed by atoms with Gasteiger partial charge >= 0.3 is 11.9 Å². The summed E-state index contributed by atoms with van der Waals surface area (Å²) in [5, 5.41) is 20.2. The molecule has 0 saturated heterocycles. The van der Waals surface area contributed by atoms with Crippen LogP contribution in [0.4, 0.5) is 0 Å². The number of aliphatic carboxylic acids is 1. The second-order valence-corrected chi connectivity index (χ2v) is 11.4. The number of carbonyl (C=O) groups excluding carboxylic acids is 1. The van der Waals surface area contributed by atoms with Crippen LogP contribution in [-0.4, -0.2) is 35.4 Å². The maximum Gasteiger partial charge on any atom is 0.306 e. The number of aliphatic hydroxyl groups excluding tert-OH is 1. The summed E-state index contributed by atoms with van der Waals surface area (Å²) in [6.45, 7) is 4.85. The third-order valence-corrected chi connectivity index (χ3v) is 10.4. The van der Waals surface area contributed by atoms with Gasteiger partial charge in [-0.05, 0) is 105 Å². The van der Waals surface area contributed by atoms with E-state index in [4.69, 9.17) is 4.74 Å². The van der Waals surface area contributed by atoms with Gasteiger partial charge < -0.3 is 14.9 Å². The zero-order valence-corrected chi connectivity index (χ0v) is 18.9. The second-order valence-electron chi connectivity index (χ2n) is 11.4. The van der Waals surface area contributed by atoms with Crippen LogP contribution in [0.25, 0.3) is 0 Å². The molecule has 2 N–H and O–H groups in total. The Hall–Kier alpha value is -1.10. The second kappa shape index (κ2) is 8.11. The lowest BCUT2D eigenvalue weighted by molar-refractivity contribution is -0.152. The molecule has 170 valence electrons. The molecular formula is C25H40O5. The first-order valence-corrected chi connectivity index (χ1v) is 12.2. The third-order valence-electron chi connectivity index (χ3n) is 10.4. The van der Waals surface area contributed by atoms with Crippen molar-refractivity contribution in [2.75, 3.05) is 7.11 Å². The first-order valence-electron chi connectivity index (χ1n) is 12.2. The molecule has 4 rings (SSSR count). The Labute approximate surface area is 180 Å².